The van der Waals surface area contributed by atoms with E-state index in [9.17, 15) is 8.42 Å². The second-order valence-corrected chi connectivity index (χ2v) is 7.42. The average molecular weight is 269 g/mol. The number of hydrogen-bond donors (Lipinski definition) is 1. The summed E-state index contributed by atoms with van der Waals surface area (Å²) in [6, 6.07) is 7.85. The summed E-state index contributed by atoms with van der Waals surface area (Å²) < 4.78 is 28.3. The summed E-state index contributed by atoms with van der Waals surface area (Å²) >= 11 is 0. The summed E-state index contributed by atoms with van der Waals surface area (Å²) in [5.74, 6) is 1.05. The fourth-order valence-electron chi connectivity index (χ4n) is 2.27. The molecule has 18 heavy (non-hydrogen) atoms. The highest BCUT2D eigenvalue weighted by molar-refractivity contribution is 7.90. The minimum atomic E-state index is -2.96. The Morgan fingerprint density at radius 3 is 2.78 bits per heavy atom. The van der Waals surface area contributed by atoms with Gasteiger partial charge in [-0.05, 0) is 24.5 Å². The third-order valence-corrected chi connectivity index (χ3v) is 4.45. The van der Waals surface area contributed by atoms with Crippen molar-refractivity contribution in [2.24, 2.45) is 11.1 Å². The quantitative estimate of drug-likeness (QED) is 0.885. The Bertz CT molecular complexity index is 527. The van der Waals surface area contributed by atoms with E-state index in [-0.39, 0.29) is 11.2 Å². The van der Waals surface area contributed by atoms with E-state index in [1.165, 1.54) is 6.26 Å². The SMILES string of the molecule is CS(=O)(=O)CCC1(CN)COc2ccccc2C1. The molecule has 1 atom stereocenters. The molecule has 2 rings (SSSR count). The second kappa shape index (κ2) is 4.90. The van der Waals surface area contributed by atoms with Crippen LogP contribution in [0.2, 0.25) is 0 Å². The van der Waals surface area contributed by atoms with Gasteiger partial charge in [-0.3, -0.25) is 0 Å². The Labute approximate surface area is 108 Å². The Hall–Kier alpha value is -1.07. The van der Waals surface area contributed by atoms with Gasteiger partial charge in [0, 0.05) is 18.2 Å². The van der Waals surface area contributed by atoms with E-state index in [1.807, 2.05) is 24.3 Å². The van der Waals surface area contributed by atoms with Crippen LogP contribution < -0.4 is 10.5 Å². The van der Waals surface area contributed by atoms with Crippen LogP contribution in [0.4, 0.5) is 0 Å². The Balaban J connectivity index is 2.16. The zero-order valence-corrected chi connectivity index (χ0v) is 11.4. The van der Waals surface area contributed by atoms with Gasteiger partial charge in [0.05, 0.1) is 12.4 Å². The molecule has 0 spiro atoms. The van der Waals surface area contributed by atoms with Gasteiger partial charge in [0.2, 0.25) is 0 Å². The summed E-state index contributed by atoms with van der Waals surface area (Å²) in [5, 5.41) is 0. The lowest BCUT2D eigenvalue weighted by molar-refractivity contribution is 0.123. The molecule has 2 N–H and O–H groups in total. The van der Waals surface area contributed by atoms with Crippen LogP contribution in [0.25, 0.3) is 0 Å². The van der Waals surface area contributed by atoms with E-state index >= 15 is 0 Å². The number of para-hydroxylation sites is 1. The predicted octanol–water partition coefficient (Wildman–Crippen LogP) is 1.00. The highest BCUT2D eigenvalue weighted by atomic mass is 32.2. The van der Waals surface area contributed by atoms with E-state index in [0.717, 1.165) is 17.7 Å². The van der Waals surface area contributed by atoms with Gasteiger partial charge in [0.15, 0.2) is 0 Å². The van der Waals surface area contributed by atoms with Gasteiger partial charge in [-0.1, -0.05) is 18.2 Å². The number of ether oxygens (including phenoxy) is 1. The van der Waals surface area contributed by atoms with Crippen LogP contribution in [-0.2, 0) is 16.3 Å². The van der Waals surface area contributed by atoms with Gasteiger partial charge >= 0.3 is 0 Å². The Morgan fingerprint density at radius 1 is 1.39 bits per heavy atom. The molecule has 5 heteroatoms. The molecule has 0 amide bonds. The van der Waals surface area contributed by atoms with Crippen molar-refractivity contribution in [2.75, 3.05) is 25.2 Å². The van der Waals surface area contributed by atoms with Gasteiger partial charge in [-0.15, -0.1) is 0 Å². The summed E-state index contributed by atoms with van der Waals surface area (Å²) in [7, 11) is -2.96. The van der Waals surface area contributed by atoms with Crippen LogP contribution in [0.3, 0.4) is 0 Å². The molecule has 0 aliphatic carbocycles. The molecule has 1 aliphatic heterocycles. The predicted molar refractivity (Wildman–Crippen MR) is 71.5 cm³/mol. The van der Waals surface area contributed by atoms with Crippen molar-refractivity contribution in [3.05, 3.63) is 29.8 Å². The van der Waals surface area contributed by atoms with Gasteiger partial charge in [0.25, 0.3) is 0 Å². The third-order valence-electron chi connectivity index (χ3n) is 3.51. The summed E-state index contributed by atoms with van der Waals surface area (Å²) in [6.45, 7) is 0.937. The fraction of sp³-hybridized carbons (Fsp3) is 0.538. The van der Waals surface area contributed by atoms with Crippen molar-refractivity contribution >= 4 is 9.84 Å². The van der Waals surface area contributed by atoms with Gasteiger partial charge in [-0.25, -0.2) is 8.42 Å². The zero-order valence-electron chi connectivity index (χ0n) is 10.6. The number of hydrogen-bond acceptors (Lipinski definition) is 4. The molecule has 0 saturated heterocycles. The number of fused-ring (bicyclic) bond motifs is 1. The second-order valence-electron chi connectivity index (χ2n) is 5.16. The zero-order chi connectivity index (χ0) is 13.2. The monoisotopic (exact) mass is 269 g/mol. The molecule has 1 unspecified atom stereocenters. The van der Waals surface area contributed by atoms with E-state index in [1.54, 1.807) is 0 Å². The first kappa shape index (κ1) is 13.4. The molecule has 0 aromatic heterocycles. The van der Waals surface area contributed by atoms with E-state index < -0.39 is 9.84 Å². The molecule has 1 aromatic carbocycles. The lowest BCUT2D eigenvalue weighted by atomic mass is 9.78. The molecular weight excluding hydrogens is 250 g/mol. The van der Waals surface area contributed by atoms with Crippen LogP contribution in [0.1, 0.15) is 12.0 Å². The fourth-order valence-corrected chi connectivity index (χ4v) is 3.08. The minimum absolute atomic E-state index is 0.162. The van der Waals surface area contributed by atoms with Gasteiger partial charge in [-0.2, -0.15) is 0 Å². The van der Waals surface area contributed by atoms with Crippen LogP contribution in [-0.4, -0.2) is 33.6 Å². The van der Waals surface area contributed by atoms with Crippen LogP contribution >= 0.6 is 0 Å². The van der Waals surface area contributed by atoms with Crippen molar-refractivity contribution in [3.63, 3.8) is 0 Å². The van der Waals surface area contributed by atoms with Crippen LogP contribution in [0.15, 0.2) is 24.3 Å². The first-order valence-corrected chi connectivity index (χ1v) is 8.09. The van der Waals surface area contributed by atoms with Crippen molar-refractivity contribution in [2.45, 2.75) is 12.8 Å². The molecule has 1 aliphatic rings. The van der Waals surface area contributed by atoms with Crippen molar-refractivity contribution < 1.29 is 13.2 Å². The summed E-state index contributed by atoms with van der Waals surface area (Å²) in [5.41, 5.74) is 6.71. The number of benzene rings is 1. The molecule has 1 aromatic rings. The standard InChI is InChI=1S/C13H19NO3S/c1-18(15,16)7-6-13(9-14)8-11-4-2-3-5-12(11)17-10-13/h2-5H,6-10,14H2,1H3. The topological polar surface area (TPSA) is 69.4 Å². The van der Waals surface area contributed by atoms with Crippen molar-refractivity contribution in [1.82, 2.24) is 0 Å². The maximum atomic E-state index is 11.3. The highest BCUT2D eigenvalue weighted by Crippen LogP contribution is 2.36. The molecule has 0 saturated carbocycles. The van der Waals surface area contributed by atoms with Crippen molar-refractivity contribution in [3.8, 4) is 5.75 Å². The first-order valence-electron chi connectivity index (χ1n) is 6.03. The van der Waals surface area contributed by atoms with Crippen molar-refractivity contribution in [1.29, 1.82) is 0 Å². The number of rotatable bonds is 4. The largest absolute Gasteiger partial charge is 0.493 e. The highest BCUT2D eigenvalue weighted by Gasteiger charge is 2.35. The van der Waals surface area contributed by atoms with E-state index in [4.69, 9.17) is 10.5 Å². The normalized spacial score (nSPS) is 23.2. The molecule has 0 radical (unpaired) electrons. The van der Waals surface area contributed by atoms with Gasteiger partial charge in [0.1, 0.15) is 15.6 Å². The van der Waals surface area contributed by atoms with E-state index in [0.29, 0.717) is 19.6 Å². The molecule has 4 nitrogen and oxygen atoms in total. The van der Waals surface area contributed by atoms with Crippen LogP contribution in [0.5, 0.6) is 5.75 Å². The van der Waals surface area contributed by atoms with Crippen LogP contribution in [0, 0.1) is 5.41 Å². The lowest BCUT2D eigenvalue weighted by Gasteiger charge is -2.37. The van der Waals surface area contributed by atoms with E-state index in [2.05, 4.69) is 0 Å². The minimum Gasteiger partial charge on any atom is -0.493 e. The maximum Gasteiger partial charge on any atom is 0.147 e. The molecular formula is C13H19NO3S. The molecule has 0 fully saturated rings. The average Bonchev–Trinajstić information content (AvgIpc) is 2.35. The molecule has 100 valence electrons. The Morgan fingerprint density at radius 2 is 2.11 bits per heavy atom. The number of nitrogens with two attached hydrogens (primary N) is 1. The smallest absolute Gasteiger partial charge is 0.147 e. The molecule has 1 heterocycles. The lowest BCUT2D eigenvalue weighted by Crippen LogP contribution is -2.42. The third kappa shape index (κ3) is 3.03. The first-order chi connectivity index (χ1) is 8.44. The summed E-state index contributed by atoms with van der Waals surface area (Å²) in [6.07, 6.45) is 2.60. The maximum absolute atomic E-state index is 11.3. The number of sulfone groups is 1. The van der Waals surface area contributed by atoms with Gasteiger partial charge < -0.3 is 10.5 Å². The molecule has 0 bridgehead atoms. The Kier molecular flexibility index (Phi) is 3.64. The summed E-state index contributed by atoms with van der Waals surface area (Å²) in [4.78, 5) is 0.